The fourth-order valence-corrected chi connectivity index (χ4v) is 3.24. The highest BCUT2D eigenvalue weighted by atomic mass is 16.4. The minimum atomic E-state index is -0.827. The van der Waals surface area contributed by atoms with Crippen molar-refractivity contribution in [1.29, 1.82) is 0 Å². The molecule has 1 amide bonds. The summed E-state index contributed by atoms with van der Waals surface area (Å²) in [5, 5.41) is 12.1. The lowest BCUT2D eigenvalue weighted by Gasteiger charge is -2.45. The van der Waals surface area contributed by atoms with Crippen molar-refractivity contribution in [2.75, 3.05) is 7.05 Å². The Morgan fingerprint density at radius 3 is 2.71 bits per heavy atom. The number of amidine groups is 1. The lowest BCUT2D eigenvalue weighted by molar-refractivity contribution is -0.143. The summed E-state index contributed by atoms with van der Waals surface area (Å²) in [5.74, 6) is 0.376. The van der Waals surface area contributed by atoms with E-state index in [1.54, 1.807) is 11.9 Å². The minimum absolute atomic E-state index is 0.0293. The Kier molecular flexibility index (Phi) is 4.21. The van der Waals surface area contributed by atoms with E-state index >= 15 is 0 Å². The number of nitrogens with two attached hydrogens (primary N) is 1. The van der Waals surface area contributed by atoms with E-state index in [-0.39, 0.29) is 11.7 Å². The van der Waals surface area contributed by atoms with E-state index in [2.05, 4.69) is 18.1 Å². The molecule has 21 heavy (non-hydrogen) atoms. The molecule has 0 spiro atoms. The van der Waals surface area contributed by atoms with Crippen LogP contribution in [0.25, 0.3) is 0 Å². The average molecular weight is 289 g/mol. The summed E-state index contributed by atoms with van der Waals surface area (Å²) in [6.07, 6.45) is 1.28. The van der Waals surface area contributed by atoms with Gasteiger partial charge in [-0.15, -0.1) is 0 Å². The van der Waals surface area contributed by atoms with Crippen LogP contribution in [0.2, 0.25) is 0 Å². The predicted octanol–water partition coefficient (Wildman–Crippen LogP) is 2.12. The van der Waals surface area contributed by atoms with E-state index in [4.69, 9.17) is 10.9 Å². The molecule has 1 aliphatic carbocycles. The van der Waals surface area contributed by atoms with E-state index in [1.807, 2.05) is 25.1 Å². The zero-order chi connectivity index (χ0) is 15.6. The molecule has 1 aliphatic rings. The molecule has 1 saturated carbocycles. The number of hydrogen-bond donors (Lipinski definition) is 2. The van der Waals surface area contributed by atoms with E-state index in [0.29, 0.717) is 25.3 Å². The first-order valence-electron chi connectivity index (χ1n) is 7.18. The smallest absolute Gasteiger partial charge is 0.236 e. The number of aryl methyl sites for hydroxylation is 1. The summed E-state index contributed by atoms with van der Waals surface area (Å²) in [6, 6.07) is 8.06. The SMILES string of the molecule is Cc1cccc(CN(C)C(=O)C2(/C(N)=N/O)CC(C)C2)c1. The topological polar surface area (TPSA) is 78.9 Å². The highest BCUT2D eigenvalue weighted by molar-refractivity contribution is 6.07. The summed E-state index contributed by atoms with van der Waals surface area (Å²) in [7, 11) is 1.76. The maximum absolute atomic E-state index is 12.7. The second-order valence-electron chi connectivity index (χ2n) is 6.23. The lowest BCUT2D eigenvalue weighted by Crippen LogP contribution is -2.56. The van der Waals surface area contributed by atoms with Crippen LogP contribution in [0.4, 0.5) is 0 Å². The molecular formula is C16H23N3O2. The normalized spacial score (nSPS) is 25.3. The van der Waals surface area contributed by atoms with Gasteiger partial charge in [0, 0.05) is 13.6 Å². The Hall–Kier alpha value is -2.04. The van der Waals surface area contributed by atoms with Crippen LogP contribution >= 0.6 is 0 Å². The largest absolute Gasteiger partial charge is 0.409 e. The number of amides is 1. The Bertz CT molecular complexity index is 562. The molecule has 5 heteroatoms. The third-order valence-electron chi connectivity index (χ3n) is 4.25. The molecule has 1 aromatic rings. The number of nitrogens with zero attached hydrogens (tertiary/aromatic N) is 2. The molecule has 5 nitrogen and oxygen atoms in total. The highest BCUT2D eigenvalue weighted by Crippen LogP contribution is 2.47. The lowest BCUT2D eigenvalue weighted by atomic mass is 9.61. The first-order valence-corrected chi connectivity index (χ1v) is 7.18. The molecule has 0 radical (unpaired) electrons. The molecule has 0 unspecified atom stereocenters. The van der Waals surface area contributed by atoms with Crippen LogP contribution in [-0.4, -0.2) is 28.9 Å². The van der Waals surface area contributed by atoms with Crippen LogP contribution in [0, 0.1) is 18.3 Å². The van der Waals surface area contributed by atoms with Gasteiger partial charge in [0.1, 0.15) is 5.41 Å². The van der Waals surface area contributed by atoms with Gasteiger partial charge in [0.25, 0.3) is 0 Å². The Balaban J connectivity index is 2.14. The van der Waals surface area contributed by atoms with Crippen LogP contribution in [0.5, 0.6) is 0 Å². The molecule has 1 fully saturated rings. The van der Waals surface area contributed by atoms with Crippen LogP contribution in [0.3, 0.4) is 0 Å². The summed E-state index contributed by atoms with van der Waals surface area (Å²) < 4.78 is 0. The summed E-state index contributed by atoms with van der Waals surface area (Å²) in [6.45, 7) is 4.61. The van der Waals surface area contributed by atoms with Gasteiger partial charge in [-0.25, -0.2) is 0 Å². The summed E-state index contributed by atoms with van der Waals surface area (Å²) in [5.41, 5.74) is 7.20. The number of carbonyl (C=O) groups excluding carboxylic acids is 1. The third kappa shape index (κ3) is 2.86. The standard InChI is InChI=1S/C16H23N3O2/c1-11-5-4-6-13(7-11)10-19(3)15(20)16(14(17)18-21)8-12(2)9-16/h4-7,12,21H,8-10H2,1-3H3,(H2,17,18). The van der Waals surface area contributed by atoms with Gasteiger partial charge in [0.05, 0.1) is 0 Å². The maximum Gasteiger partial charge on any atom is 0.236 e. The van der Waals surface area contributed by atoms with E-state index in [9.17, 15) is 4.79 Å². The van der Waals surface area contributed by atoms with Crippen molar-refractivity contribution in [3.05, 3.63) is 35.4 Å². The number of benzene rings is 1. The van der Waals surface area contributed by atoms with Gasteiger partial charge in [0.15, 0.2) is 5.84 Å². The van der Waals surface area contributed by atoms with Crippen LogP contribution < -0.4 is 5.73 Å². The van der Waals surface area contributed by atoms with Gasteiger partial charge in [0.2, 0.25) is 5.91 Å². The molecule has 0 aliphatic heterocycles. The number of hydrogen-bond acceptors (Lipinski definition) is 3. The molecule has 0 heterocycles. The fourth-order valence-electron chi connectivity index (χ4n) is 3.24. The highest BCUT2D eigenvalue weighted by Gasteiger charge is 2.53. The summed E-state index contributed by atoms with van der Waals surface area (Å²) >= 11 is 0. The van der Waals surface area contributed by atoms with Crippen molar-refractivity contribution < 1.29 is 10.0 Å². The Morgan fingerprint density at radius 2 is 2.19 bits per heavy atom. The maximum atomic E-state index is 12.7. The number of rotatable bonds is 4. The summed E-state index contributed by atoms with van der Waals surface area (Å²) in [4.78, 5) is 14.4. The number of carbonyl (C=O) groups is 1. The van der Waals surface area contributed by atoms with Crippen molar-refractivity contribution in [3.8, 4) is 0 Å². The van der Waals surface area contributed by atoms with Gasteiger partial charge in [-0.1, -0.05) is 41.9 Å². The molecule has 0 saturated heterocycles. The second-order valence-corrected chi connectivity index (χ2v) is 6.23. The monoisotopic (exact) mass is 289 g/mol. The van der Waals surface area contributed by atoms with E-state index in [0.717, 1.165) is 11.1 Å². The molecular weight excluding hydrogens is 266 g/mol. The van der Waals surface area contributed by atoms with E-state index < -0.39 is 5.41 Å². The van der Waals surface area contributed by atoms with Gasteiger partial charge in [-0.2, -0.15) is 0 Å². The van der Waals surface area contributed by atoms with Crippen molar-refractivity contribution in [1.82, 2.24) is 4.90 Å². The van der Waals surface area contributed by atoms with Crippen LogP contribution in [0.1, 0.15) is 30.9 Å². The zero-order valence-corrected chi connectivity index (χ0v) is 12.8. The second kappa shape index (κ2) is 5.76. The van der Waals surface area contributed by atoms with Crippen molar-refractivity contribution in [2.45, 2.75) is 33.2 Å². The van der Waals surface area contributed by atoms with Crippen LogP contribution in [0.15, 0.2) is 29.4 Å². The fraction of sp³-hybridized carbons (Fsp3) is 0.500. The van der Waals surface area contributed by atoms with Crippen LogP contribution in [-0.2, 0) is 11.3 Å². The molecule has 114 valence electrons. The predicted molar refractivity (Wildman–Crippen MR) is 81.9 cm³/mol. The number of oxime groups is 1. The van der Waals surface area contributed by atoms with Gasteiger partial charge in [-0.3, -0.25) is 4.79 Å². The zero-order valence-electron chi connectivity index (χ0n) is 12.8. The van der Waals surface area contributed by atoms with Gasteiger partial charge >= 0.3 is 0 Å². The van der Waals surface area contributed by atoms with E-state index in [1.165, 1.54) is 0 Å². The average Bonchev–Trinajstić information content (AvgIpc) is 2.42. The molecule has 3 N–H and O–H groups in total. The molecule has 0 bridgehead atoms. The Labute approximate surface area is 125 Å². The van der Waals surface area contributed by atoms with Crippen molar-refractivity contribution >= 4 is 11.7 Å². The molecule has 2 rings (SSSR count). The minimum Gasteiger partial charge on any atom is -0.409 e. The van der Waals surface area contributed by atoms with Crippen molar-refractivity contribution in [3.63, 3.8) is 0 Å². The Morgan fingerprint density at radius 1 is 1.52 bits per heavy atom. The van der Waals surface area contributed by atoms with Gasteiger partial charge < -0.3 is 15.8 Å². The van der Waals surface area contributed by atoms with Crippen molar-refractivity contribution in [2.24, 2.45) is 22.2 Å². The third-order valence-corrected chi connectivity index (χ3v) is 4.25. The quantitative estimate of drug-likeness (QED) is 0.386. The van der Waals surface area contributed by atoms with Gasteiger partial charge in [-0.05, 0) is 31.2 Å². The molecule has 1 aromatic carbocycles. The first-order chi connectivity index (χ1) is 9.89. The first kappa shape index (κ1) is 15.4. The molecule has 0 atom stereocenters. The molecule has 0 aromatic heterocycles.